The zero-order valence-corrected chi connectivity index (χ0v) is 11.0. The number of phenolic OH excluding ortho intramolecular Hbond substituents is 1. The fourth-order valence-corrected chi connectivity index (χ4v) is 1.49. The van der Waals surface area contributed by atoms with E-state index in [-0.39, 0.29) is 5.02 Å². The molecule has 1 rings (SSSR count). The summed E-state index contributed by atoms with van der Waals surface area (Å²) in [5.74, 6) is -2.20. The van der Waals surface area contributed by atoms with Crippen molar-refractivity contribution >= 4 is 29.2 Å². The fourth-order valence-electron chi connectivity index (χ4n) is 1.34. The predicted molar refractivity (Wildman–Crippen MR) is 68.7 cm³/mol. The number of imide groups is 1. The van der Waals surface area contributed by atoms with Crippen LogP contribution in [0.15, 0.2) is 12.1 Å². The van der Waals surface area contributed by atoms with Gasteiger partial charge < -0.3 is 16.2 Å². The smallest absolute Gasteiger partial charge is 0.328 e. The highest BCUT2D eigenvalue weighted by atomic mass is 35.5. The summed E-state index contributed by atoms with van der Waals surface area (Å²) in [7, 11) is 1.28. The van der Waals surface area contributed by atoms with Crippen LogP contribution in [-0.2, 0) is 4.79 Å². The zero-order chi connectivity index (χ0) is 14.7. The lowest BCUT2D eigenvalue weighted by Crippen LogP contribution is -2.49. The van der Waals surface area contributed by atoms with Crippen LogP contribution in [0.4, 0.5) is 14.9 Å². The summed E-state index contributed by atoms with van der Waals surface area (Å²) in [6, 6.07) is -0.207. The third-order valence-corrected chi connectivity index (χ3v) is 2.59. The van der Waals surface area contributed by atoms with E-state index in [4.69, 9.17) is 17.3 Å². The van der Waals surface area contributed by atoms with Crippen LogP contribution < -0.4 is 16.0 Å². The van der Waals surface area contributed by atoms with Gasteiger partial charge in [0.05, 0.1) is 16.8 Å². The maximum atomic E-state index is 13.8. The van der Waals surface area contributed by atoms with E-state index >= 15 is 0 Å². The molecule has 6 nitrogen and oxygen atoms in total. The quantitative estimate of drug-likeness (QED) is 0.762. The van der Waals surface area contributed by atoms with E-state index in [0.29, 0.717) is 4.90 Å². The molecule has 1 aromatic rings. The minimum absolute atomic E-state index is 0.230. The van der Waals surface area contributed by atoms with Crippen molar-refractivity contribution in [2.75, 3.05) is 11.9 Å². The standard InChI is InChI=1S/C11H13ClFN3O3/c1-5(14)10(18)16(11(19)15-2)8-4-9(17)6(12)3-7(8)13/h3-5,17H,14H2,1-2H3,(H,15,19). The van der Waals surface area contributed by atoms with Crippen LogP contribution in [0, 0.1) is 5.82 Å². The van der Waals surface area contributed by atoms with Crippen LogP contribution in [0.2, 0.25) is 5.02 Å². The molecule has 1 aromatic carbocycles. The minimum Gasteiger partial charge on any atom is -0.506 e. The number of aromatic hydroxyl groups is 1. The van der Waals surface area contributed by atoms with Gasteiger partial charge in [-0.2, -0.15) is 0 Å². The summed E-state index contributed by atoms with van der Waals surface area (Å²) < 4.78 is 13.8. The maximum Gasteiger partial charge on any atom is 0.328 e. The first-order chi connectivity index (χ1) is 8.79. The van der Waals surface area contributed by atoms with Crippen molar-refractivity contribution < 1.29 is 19.1 Å². The van der Waals surface area contributed by atoms with Gasteiger partial charge in [-0.1, -0.05) is 11.6 Å². The fraction of sp³-hybridized carbons (Fsp3) is 0.273. The summed E-state index contributed by atoms with van der Waals surface area (Å²) in [6.45, 7) is 1.35. The SMILES string of the molecule is CNC(=O)N(C(=O)C(C)N)c1cc(O)c(Cl)cc1F. The average Bonchev–Trinajstić information content (AvgIpc) is 2.35. The molecule has 0 spiro atoms. The highest BCUT2D eigenvalue weighted by Crippen LogP contribution is 2.31. The molecular formula is C11H13ClFN3O3. The molecule has 0 aromatic heterocycles. The van der Waals surface area contributed by atoms with Crippen LogP contribution >= 0.6 is 11.6 Å². The lowest BCUT2D eigenvalue weighted by molar-refractivity contribution is -0.118. The Kier molecular flexibility index (Phi) is 4.68. The molecule has 8 heteroatoms. The van der Waals surface area contributed by atoms with E-state index in [2.05, 4.69) is 5.32 Å². The number of phenols is 1. The molecule has 19 heavy (non-hydrogen) atoms. The second-order valence-electron chi connectivity index (χ2n) is 3.77. The molecule has 1 atom stereocenters. The summed E-state index contributed by atoms with van der Waals surface area (Å²) in [5.41, 5.74) is 4.98. The van der Waals surface area contributed by atoms with Crippen LogP contribution in [0.5, 0.6) is 5.75 Å². The number of nitrogens with two attached hydrogens (primary N) is 1. The van der Waals surface area contributed by atoms with Crippen molar-refractivity contribution in [1.82, 2.24) is 5.32 Å². The molecule has 1 unspecified atom stereocenters. The van der Waals surface area contributed by atoms with Crippen molar-refractivity contribution in [3.63, 3.8) is 0 Å². The molecule has 0 saturated carbocycles. The number of carbonyl (C=O) groups is 2. The first-order valence-corrected chi connectivity index (χ1v) is 5.66. The Hall–Kier alpha value is -1.86. The molecule has 0 fully saturated rings. The normalized spacial score (nSPS) is 11.8. The summed E-state index contributed by atoms with van der Waals surface area (Å²) >= 11 is 5.53. The summed E-state index contributed by atoms with van der Waals surface area (Å²) in [4.78, 5) is 24.0. The molecular weight excluding hydrogens is 277 g/mol. The van der Waals surface area contributed by atoms with Gasteiger partial charge in [0.1, 0.15) is 11.6 Å². The van der Waals surface area contributed by atoms with Gasteiger partial charge in [-0.25, -0.2) is 14.1 Å². The third-order valence-electron chi connectivity index (χ3n) is 2.28. The molecule has 4 N–H and O–H groups in total. The number of benzene rings is 1. The Labute approximate surface area is 113 Å². The Morgan fingerprint density at radius 3 is 2.58 bits per heavy atom. The van der Waals surface area contributed by atoms with Crippen molar-refractivity contribution in [3.05, 3.63) is 23.0 Å². The molecule has 104 valence electrons. The van der Waals surface area contributed by atoms with E-state index in [1.165, 1.54) is 14.0 Å². The molecule has 0 saturated heterocycles. The topological polar surface area (TPSA) is 95.7 Å². The second kappa shape index (κ2) is 5.85. The van der Waals surface area contributed by atoms with E-state index < -0.39 is 35.2 Å². The molecule has 0 heterocycles. The van der Waals surface area contributed by atoms with Crippen LogP contribution in [0.25, 0.3) is 0 Å². The molecule has 0 aliphatic carbocycles. The Morgan fingerprint density at radius 1 is 1.53 bits per heavy atom. The van der Waals surface area contributed by atoms with Gasteiger partial charge >= 0.3 is 6.03 Å². The van der Waals surface area contributed by atoms with E-state index in [1.54, 1.807) is 0 Å². The zero-order valence-electron chi connectivity index (χ0n) is 10.3. The number of nitrogens with one attached hydrogen (secondary N) is 1. The number of hydrogen-bond donors (Lipinski definition) is 3. The lowest BCUT2D eigenvalue weighted by atomic mass is 10.2. The first kappa shape index (κ1) is 15.2. The first-order valence-electron chi connectivity index (χ1n) is 5.28. The van der Waals surface area contributed by atoms with Gasteiger partial charge in [-0.15, -0.1) is 0 Å². The lowest BCUT2D eigenvalue weighted by Gasteiger charge is -2.22. The molecule has 0 bridgehead atoms. The van der Waals surface area contributed by atoms with Crippen LogP contribution in [0.1, 0.15) is 6.92 Å². The Bertz CT molecular complexity index is 522. The minimum atomic E-state index is -1.02. The highest BCUT2D eigenvalue weighted by Gasteiger charge is 2.28. The van der Waals surface area contributed by atoms with Crippen LogP contribution in [-0.4, -0.2) is 30.1 Å². The van der Waals surface area contributed by atoms with Gasteiger partial charge in [0.15, 0.2) is 0 Å². The van der Waals surface area contributed by atoms with Crippen molar-refractivity contribution in [2.45, 2.75) is 13.0 Å². The Morgan fingerprint density at radius 2 is 2.11 bits per heavy atom. The maximum absolute atomic E-state index is 13.8. The molecule has 0 aliphatic heterocycles. The van der Waals surface area contributed by atoms with Gasteiger partial charge in [0.25, 0.3) is 5.91 Å². The van der Waals surface area contributed by atoms with Crippen molar-refractivity contribution in [1.29, 1.82) is 0 Å². The number of nitrogens with zero attached hydrogens (tertiary/aromatic N) is 1. The van der Waals surface area contributed by atoms with Gasteiger partial charge in [0.2, 0.25) is 0 Å². The Balaban J connectivity index is 3.37. The molecule has 3 amide bonds. The van der Waals surface area contributed by atoms with Crippen molar-refractivity contribution in [2.24, 2.45) is 5.73 Å². The van der Waals surface area contributed by atoms with Gasteiger partial charge in [-0.3, -0.25) is 4.79 Å². The number of rotatable bonds is 2. The van der Waals surface area contributed by atoms with Gasteiger partial charge in [0, 0.05) is 13.1 Å². The largest absolute Gasteiger partial charge is 0.506 e. The number of urea groups is 1. The van der Waals surface area contributed by atoms with E-state index in [0.717, 1.165) is 12.1 Å². The predicted octanol–water partition coefficient (Wildman–Crippen LogP) is 1.20. The average molecular weight is 290 g/mol. The molecule has 0 radical (unpaired) electrons. The number of carbonyl (C=O) groups excluding carboxylic acids is 2. The summed E-state index contributed by atoms with van der Waals surface area (Å²) in [5, 5.41) is 11.4. The van der Waals surface area contributed by atoms with E-state index in [1.807, 2.05) is 0 Å². The van der Waals surface area contributed by atoms with Crippen LogP contribution in [0.3, 0.4) is 0 Å². The monoisotopic (exact) mass is 289 g/mol. The highest BCUT2D eigenvalue weighted by molar-refractivity contribution is 6.32. The van der Waals surface area contributed by atoms with Gasteiger partial charge in [-0.05, 0) is 13.0 Å². The number of amides is 3. The third kappa shape index (κ3) is 3.12. The summed E-state index contributed by atoms with van der Waals surface area (Å²) in [6.07, 6.45) is 0. The molecule has 0 aliphatic rings. The van der Waals surface area contributed by atoms with Crippen molar-refractivity contribution in [3.8, 4) is 5.75 Å². The number of halogens is 2. The van der Waals surface area contributed by atoms with E-state index in [9.17, 15) is 19.1 Å². The number of anilines is 1. The number of hydrogen-bond acceptors (Lipinski definition) is 4. The second-order valence-corrected chi connectivity index (χ2v) is 4.18.